The predicted molar refractivity (Wildman–Crippen MR) is 248 cm³/mol. The van der Waals surface area contributed by atoms with Crippen molar-refractivity contribution in [3.05, 3.63) is 157 Å². The molecule has 58 heavy (non-hydrogen) atoms. The van der Waals surface area contributed by atoms with Gasteiger partial charge in [-0.1, -0.05) is 176 Å². The quantitative estimate of drug-likeness (QED) is 0.0379. The van der Waals surface area contributed by atoms with Gasteiger partial charge in [-0.25, -0.2) is 12.1 Å². The predicted octanol–water partition coefficient (Wildman–Crippen LogP) is 15.2. The maximum absolute atomic E-state index is 10.7. The Morgan fingerprint density at radius 2 is 0.810 bits per heavy atom. The fraction of sp³-hybridized carbons (Fsp3) is 0.341. The third-order valence-electron chi connectivity index (χ3n) is 7.36. The van der Waals surface area contributed by atoms with Crippen LogP contribution in [-0.2, 0) is 72.7 Å². The first kappa shape index (κ1) is 59.3. The number of hydrogen-bond acceptors (Lipinski definition) is 4. The third kappa shape index (κ3) is 32.0. The van der Waals surface area contributed by atoms with Crippen LogP contribution in [0.15, 0.2) is 146 Å². The standard InChI is InChI=1S/C18H15P.C16H26S4.C5H5.C5H12.F6P.Ni.Ru/c1-4-10-16(11-5-1)19(17-12-6-2-7-13-17)18-14-8-3-9-15-18;1-15(2,11-17)19-9-13-7-5-6-8-14(13)10-20-16(3,4)12-18;1-2-4-5-3-1;1-3-5-4-2;1-7(2,3,4,5)6;;/h1-15H;5-8,17-18H,9-12H2,1-4H3;1-5H;3-5H2,1-2H3;;;/q;;-1;;-1;2*+2/p-2. The number of halogens is 6. The molecule has 5 rings (SSSR count). The van der Waals surface area contributed by atoms with Crippen molar-refractivity contribution < 1.29 is 61.2 Å². The van der Waals surface area contributed by atoms with E-state index >= 15 is 0 Å². The van der Waals surface area contributed by atoms with E-state index in [1.54, 1.807) is 0 Å². The van der Waals surface area contributed by atoms with E-state index in [1.807, 2.05) is 53.9 Å². The van der Waals surface area contributed by atoms with Crippen molar-refractivity contribution >= 4 is 80.4 Å². The molecule has 0 aliphatic heterocycles. The molecule has 0 bridgehead atoms. The van der Waals surface area contributed by atoms with Crippen LogP contribution in [0.3, 0.4) is 0 Å². The van der Waals surface area contributed by atoms with Crippen LogP contribution >= 0.6 is 39.3 Å². The molecule has 0 radical (unpaired) electrons. The van der Waals surface area contributed by atoms with Crippen LogP contribution in [0, 0.1) is 0 Å². The van der Waals surface area contributed by atoms with Crippen LogP contribution < -0.4 is 15.9 Å². The maximum atomic E-state index is 9.87. The van der Waals surface area contributed by atoms with Crippen molar-refractivity contribution in [1.29, 1.82) is 0 Å². The third-order valence-corrected chi connectivity index (χ3v) is 14.4. The molecule has 0 heterocycles. The topological polar surface area (TPSA) is 0 Å². The van der Waals surface area contributed by atoms with Crippen molar-refractivity contribution in [3.63, 3.8) is 0 Å². The monoisotopic (exact) mass is 1050 g/mol. The van der Waals surface area contributed by atoms with E-state index < -0.39 is 15.7 Å². The van der Waals surface area contributed by atoms with E-state index in [9.17, 15) is 25.2 Å². The van der Waals surface area contributed by atoms with Gasteiger partial charge in [0, 0.05) is 11.5 Å². The van der Waals surface area contributed by atoms with Gasteiger partial charge in [0.25, 0.3) is 0 Å². The Morgan fingerprint density at radius 3 is 1.02 bits per heavy atom. The summed E-state index contributed by atoms with van der Waals surface area (Å²) in [5.41, 5.74) is 2.86. The number of benzene rings is 4. The first-order valence-corrected chi connectivity index (χ1v) is 24.8. The van der Waals surface area contributed by atoms with Crippen molar-refractivity contribution in [1.82, 2.24) is 0 Å². The molecule has 0 saturated heterocycles. The summed E-state index contributed by atoms with van der Waals surface area (Å²) in [6.45, 7) is 13.3. The zero-order valence-corrected chi connectivity index (χ0v) is 41.6. The van der Waals surface area contributed by atoms with E-state index in [-0.39, 0.29) is 45.5 Å². The van der Waals surface area contributed by atoms with E-state index in [0.29, 0.717) is 0 Å². The van der Waals surface area contributed by atoms with Crippen LogP contribution in [0.1, 0.15) is 71.9 Å². The molecule has 5 aromatic carbocycles. The Bertz CT molecular complexity index is 1560. The minimum absolute atomic E-state index is 0. The number of rotatable bonds is 13. The fourth-order valence-corrected chi connectivity index (χ4v) is 8.95. The number of thioether (sulfide) groups is 2. The Kier molecular flexibility index (Phi) is 29.4. The van der Waals surface area contributed by atoms with Gasteiger partial charge in [0.15, 0.2) is 0 Å². The van der Waals surface area contributed by atoms with Gasteiger partial charge in [-0.2, -0.15) is 53.2 Å². The summed E-state index contributed by atoms with van der Waals surface area (Å²) in [5, 5.41) is 4.19. The summed E-state index contributed by atoms with van der Waals surface area (Å²) < 4.78 is 59.5. The molecule has 0 unspecified atom stereocenters. The van der Waals surface area contributed by atoms with Gasteiger partial charge < -0.3 is 25.3 Å². The van der Waals surface area contributed by atoms with Crippen molar-refractivity contribution in [2.75, 3.05) is 11.5 Å². The molecule has 0 N–H and O–H groups in total. The van der Waals surface area contributed by atoms with Crippen LogP contribution in [0.4, 0.5) is 25.2 Å². The average Bonchev–Trinajstić information content (AvgIpc) is 3.76. The van der Waals surface area contributed by atoms with E-state index in [1.165, 1.54) is 46.3 Å². The molecule has 0 spiro atoms. The van der Waals surface area contributed by atoms with Crippen LogP contribution in [0.2, 0.25) is 0 Å². The molecule has 5 aromatic rings. The van der Waals surface area contributed by atoms with Crippen molar-refractivity contribution in [2.24, 2.45) is 0 Å². The second kappa shape index (κ2) is 28.7. The Hall–Kier alpha value is -0.813. The van der Waals surface area contributed by atoms with Crippen molar-refractivity contribution in [3.8, 4) is 0 Å². The van der Waals surface area contributed by atoms with Gasteiger partial charge >= 0.3 is 69.0 Å². The molecule has 0 aromatic heterocycles. The SMILES string of the molecule is CC(C)(C[S-])SCc1ccccc1CSC(C)(C)C[S-].CCCCC.F[P-](F)(F)(F)(F)F.[Ni+2].[Ru+2].c1cc[cH-]c1.c1ccc(P(c2ccccc2)c2ccccc2)cc1. The van der Waals surface area contributed by atoms with Gasteiger partial charge in [0.05, 0.1) is 0 Å². The van der Waals surface area contributed by atoms with E-state index in [0.717, 1.165) is 23.0 Å². The van der Waals surface area contributed by atoms with Gasteiger partial charge in [-0.15, -0.1) is 0 Å². The molecular weight excluding hydrogens is 992 g/mol. The summed E-state index contributed by atoms with van der Waals surface area (Å²) in [5.74, 6) is 3.65. The molecule has 0 nitrogen and oxygen atoms in total. The Balaban J connectivity index is 0. The van der Waals surface area contributed by atoms with Crippen LogP contribution in [0.5, 0.6) is 0 Å². The normalized spacial score (nSPS) is 12.1. The van der Waals surface area contributed by atoms with Gasteiger partial charge in [0.1, 0.15) is 0 Å². The molecule has 0 fully saturated rings. The minimum atomic E-state index is -10.7. The van der Waals surface area contributed by atoms with E-state index in [2.05, 4.69) is 157 Å². The first-order valence-electron chi connectivity index (χ1n) is 18.3. The summed E-state index contributed by atoms with van der Waals surface area (Å²) >= 11 is 14.3. The smallest absolute Gasteiger partial charge is 0.214 e. The molecule has 0 atom stereocenters. The van der Waals surface area contributed by atoms with Crippen molar-refractivity contribution in [2.45, 2.75) is 81.8 Å². The van der Waals surface area contributed by atoms with Crippen LogP contribution in [0.25, 0.3) is 0 Å². The van der Waals surface area contributed by atoms with Gasteiger partial charge in [0.2, 0.25) is 0 Å². The molecule has 0 amide bonds. The first-order chi connectivity index (χ1) is 26.1. The second-order valence-corrected chi connectivity index (χ2v) is 21.8. The summed E-state index contributed by atoms with van der Waals surface area (Å²) in [7, 11) is -11.1. The number of hydrogen-bond donors (Lipinski definition) is 0. The molecule has 326 valence electrons. The Labute approximate surface area is 388 Å². The minimum Gasteiger partial charge on any atom is -0.214 e. The number of unbranched alkanes of at least 4 members (excludes halogenated alkanes) is 2. The summed E-state index contributed by atoms with van der Waals surface area (Å²) in [6, 6.07) is 51.1. The molecule has 0 aliphatic rings. The molecule has 14 heteroatoms. The molecule has 0 aliphatic carbocycles. The Morgan fingerprint density at radius 1 is 0.534 bits per heavy atom. The summed E-state index contributed by atoms with van der Waals surface area (Å²) in [6.07, 6.45) is 4.08. The van der Waals surface area contributed by atoms with Gasteiger partial charge in [-0.3, -0.25) is 0 Å². The molecule has 0 saturated carbocycles. The zero-order chi connectivity index (χ0) is 42.2. The van der Waals surface area contributed by atoms with Gasteiger partial charge in [-0.05, 0) is 44.5 Å². The fourth-order valence-electron chi connectivity index (χ4n) is 4.32. The average molecular weight is 1050 g/mol. The maximum Gasteiger partial charge on any atom is 2.00 e. The molecular formula is C44H56F6NiP2RuS4. The van der Waals surface area contributed by atoms with E-state index in [4.69, 9.17) is 25.3 Å². The van der Waals surface area contributed by atoms with Crippen LogP contribution in [-0.4, -0.2) is 21.0 Å². The zero-order valence-electron chi connectivity index (χ0n) is 33.8. The summed E-state index contributed by atoms with van der Waals surface area (Å²) in [4.78, 5) is 0. The second-order valence-electron chi connectivity index (χ2n) is 13.8. The largest absolute Gasteiger partial charge is 2.00 e.